The Kier molecular flexibility index (Phi) is 6.27. The highest BCUT2D eigenvalue weighted by molar-refractivity contribution is 5.79. The molecule has 1 aliphatic heterocycles. The number of hydrogen-bond acceptors (Lipinski definition) is 6. The number of aromatic nitrogens is 4. The molecule has 3 aromatic rings. The van der Waals surface area contributed by atoms with Gasteiger partial charge in [-0.3, -0.25) is 14.3 Å². The predicted molar refractivity (Wildman–Crippen MR) is 115 cm³/mol. The first-order valence-electron chi connectivity index (χ1n) is 10.5. The Labute approximate surface area is 176 Å². The van der Waals surface area contributed by atoms with Crippen LogP contribution in [-0.2, 0) is 13.1 Å². The average Bonchev–Trinajstić information content (AvgIpc) is 3.32. The molecule has 9 nitrogen and oxygen atoms in total. The molecule has 0 spiro atoms. The maximum absolute atomic E-state index is 5.72. The number of rotatable bonds is 6. The molecule has 4 rings (SSSR count). The molecular weight excluding hydrogens is 380 g/mol. The number of hydrogen-bond donors (Lipinski definition) is 2. The minimum Gasteiger partial charge on any atom is -0.444 e. The monoisotopic (exact) mass is 410 g/mol. The second-order valence-electron chi connectivity index (χ2n) is 7.82. The van der Waals surface area contributed by atoms with Gasteiger partial charge in [-0.2, -0.15) is 0 Å². The number of aliphatic imine (C=N–C) groups is 1. The fraction of sp³-hybridized carbons (Fsp3) is 0.524. The maximum atomic E-state index is 5.72. The number of nitrogens with one attached hydrogen (secondary N) is 2. The van der Waals surface area contributed by atoms with Gasteiger partial charge in [-0.1, -0.05) is 6.07 Å². The Balaban J connectivity index is 1.20. The van der Waals surface area contributed by atoms with E-state index in [1.165, 1.54) is 0 Å². The molecule has 1 saturated heterocycles. The zero-order chi connectivity index (χ0) is 20.9. The van der Waals surface area contributed by atoms with Crippen molar-refractivity contribution < 1.29 is 4.42 Å². The minimum atomic E-state index is 0.568. The molecule has 3 aromatic heterocycles. The van der Waals surface area contributed by atoms with Crippen molar-refractivity contribution in [3.8, 4) is 0 Å². The molecule has 1 fully saturated rings. The van der Waals surface area contributed by atoms with Gasteiger partial charge in [-0.25, -0.2) is 4.98 Å². The van der Waals surface area contributed by atoms with E-state index in [1.54, 1.807) is 7.05 Å². The standard InChI is InChI=1S/C21H30N8O/c1-15-16(2)30-20(25-15)14-28-10-7-17(8-11-28)12-23-21(22-3)24-13-19-27-26-18-6-4-5-9-29(18)19/h4-6,9,17H,7-8,10-14H2,1-3H3,(H2,22,23,24). The van der Waals surface area contributed by atoms with Crippen molar-refractivity contribution in [2.45, 2.75) is 39.8 Å². The Morgan fingerprint density at radius 3 is 2.77 bits per heavy atom. The normalized spacial score (nSPS) is 16.3. The topological polar surface area (TPSA) is 95.9 Å². The molecule has 160 valence electrons. The maximum Gasteiger partial charge on any atom is 0.208 e. The number of nitrogens with zero attached hydrogens (tertiary/aromatic N) is 6. The van der Waals surface area contributed by atoms with Crippen molar-refractivity contribution >= 4 is 11.6 Å². The molecule has 30 heavy (non-hydrogen) atoms. The molecule has 2 N–H and O–H groups in total. The fourth-order valence-corrected chi connectivity index (χ4v) is 3.78. The molecule has 0 bridgehead atoms. The van der Waals surface area contributed by atoms with Crippen LogP contribution in [0.5, 0.6) is 0 Å². The third kappa shape index (κ3) is 4.79. The number of aryl methyl sites for hydroxylation is 2. The molecule has 0 aliphatic carbocycles. The summed E-state index contributed by atoms with van der Waals surface area (Å²) in [6.45, 7) is 8.35. The van der Waals surface area contributed by atoms with Crippen LogP contribution in [0.25, 0.3) is 5.65 Å². The number of guanidine groups is 1. The summed E-state index contributed by atoms with van der Waals surface area (Å²) in [6.07, 6.45) is 4.27. The van der Waals surface area contributed by atoms with Gasteiger partial charge in [-0.15, -0.1) is 10.2 Å². The van der Waals surface area contributed by atoms with E-state index in [4.69, 9.17) is 4.42 Å². The summed E-state index contributed by atoms with van der Waals surface area (Å²) in [7, 11) is 1.79. The first-order chi connectivity index (χ1) is 14.6. The van der Waals surface area contributed by atoms with Crippen LogP contribution in [0.2, 0.25) is 0 Å². The van der Waals surface area contributed by atoms with Crippen LogP contribution in [0.4, 0.5) is 0 Å². The van der Waals surface area contributed by atoms with E-state index >= 15 is 0 Å². The van der Waals surface area contributed by atoms with Crippen LogP contribution in [-0.4, -0.2) is 57.1 Å². The molecule has 0 amide bonds. The van der Waals surface area contributed by atoms with Crippen LogP contribution in [0.3, 0.4) is 0 Å². The van der Waals surface area contributed by atoms with Gasteiger partial charge in [0.1, 0.15) is 5.76 Å². The number of likely N-dealkylation sites (tertiary alicyclic amines) is 1. The van der Waals surface area contributed by atoms with E-state index in [-0.39, 0.29) is 0 Å². The van der Waals surface area contributed by atoms with Gasteiger partial charge in [-0.05, 0) is 57.8 Å². The molecule has 0 radical (unpaired) electrons. The summed E-state index contributed by atoms with van der Waals surface area (Å²) in [5, 5.41) is 15.2. The van der Waals surface area contributed by atoms with Crippen molar-refractivity contribution in [3.05, 3.63) is 47.6 Å². The molecule has 0 aromatic carbocycles. The first kappa shape index (κ1) is 20.3. The predicted octanol–water partition coefficient (Wildman–Crippen LogP) is 1.91. The lowest BCUT2D eigenvalue weighted by Gasteiger charge is -2.31. The van der Waals surface area contributed by atoms with Gasteiger partial charge < -0.3 is 15.1 Å². The second-order valence-corrected chi connectivity index (χ2v) is 7.82. The summed E-state index contributed by atoms with van der Waals surface area (Å²) >= 11 is 0. The summed E-state index contributed by atoms with van der Waals surface area (Å²) in [5.74, 6) is 4.02. The van der Waals surface area contributed by atoms with Crippen LogP contribution in [0, 0.1) is 19.8 Å². The van der Waals surface area contributed by atoms with Crippen LogP contribution < -0.4 is 10.6 Å². The van der Waals surface area contributed by atoms with Gasteiger partial charge >= 0.3 is 0 Å². The second kappa shape index (κ2) is 9.25. The minimum absolute atomic E-state index is 0.568. The highest BCUT2D eigenvalue weighted by Gasteiger charge is 2.21. The molecule has 0 unspecified atom stereocenters. The van der Waals surface area contributed by atoms with Crippen molar-refractivity contribution in [1.82, 2.24) is 35.1 Å². The Morgan fingerprint density at radius 1 is 1.20 bits per heavy atom. The number of oxazole rings is 1. The van der Waals surface area contributed by atoms with Crippen molar-refractivity contribution in [2.75, 3.05) is 26.7 Å². The van der Waals surface area contributed by atoms with E-state index in [0.29, 0.717) is 12.5 Å². The SMILES string of the molecule is CN=C(NCc1nnc2ccccn12)NCC1CCN(Cc2nc(C)c(C)o2)CC1. The Hall–Kier alpha value is -2.94. The lowest BCUT2D eigenvalue weighted by molar-refractivity contribution is 0.164. The van der Waals surface area contributed by atoms with Gasteiger partial charge in [0.25, 0.3) is 0 Å². The fourth-order valence-electron chi connectivity index (χ4n) is 3.78. The van der Waals surface area contributed by atoms with Crippen molar-refractivity contribution in [3.63, 3.8) is 0 Å². The zero-order valence-electron chi connectivity index (χ0n) is 17.9. The highest BCUT2D eigenvalue weighted by Crippen LogP contribution is 2.19. The summed E-state index contributed by atoms with van der Waals surface area (Å²) in [5.41, 5.74) is 1.83. The lowest BCUT2D eigenvalue weighted by Crippen LogP contribution is -2.42. The quantitative estimate of drug-likeness (QED) is 0.473. The van der Waals surface area contributed by atoms with Gasteiger partial charge in [0, 0.05) is 19.8 Å². The van der Waals surface area contributed by atoms with Crippen LogP contribution in [0.15, 0.2) is 33.8 Å². The van der Waals surface area contributed by atoms with Crippen molar-refractivity contribution in [2.24, 2.45) is 10.9 Å². The molecule has 4 heterocycles. The van der Waals surface area contributed by atoms with E-state index in [9.17, 15) is 0 Å². The Bertz CT molecular complexity index is 980. The number of piperidine rings is 1. The van der Waals surface area contributed by atoms with Crippen molar-refractivity contribution in [1.29, 1.82) is 0 Å². The zero-order valence-corrected chi connectivity index (χ0v) is 17.9. The Morgan fingerprint density at radius 2 is 2.03 bits per heavy atom. The van der Waals surface area contributed by atoms with E-state index < -0.39 is 0 Å². The molecule has 0 saturated carbocycles. The van der Waals surface area contributed by atoms with Gasteiger partial charge in [0.2, 0.25) is 5.89 Å². The summed E-state index contributed by atoms with van der Waals surface area (Å²) in [6, 6.07) is 5.88. The van der Waals surface area contributed by atoms with E-state index in [1.807, 2.05) is 42.6 Å². The van der Waals surface area contributed by atoms with Gasteiger partial charge in [0.15, 0.2) is 17.4 Å². The average molecular weight is 411 g/mol. The third-order valence-electron chi connectivity index (χ3n) is 5.72. The largest absolute Gasteiger partial charge is 0.444 e. The molecule has 1 aliphatic rings. The summed E-state index contributed by atoms with van der Waals surface area (Å²) < 4.78 is 7.70. The number of pyridine rings is 1. The summed E-state index contributed by atoms with van der Waals surface area (Å²) in [4.78, 5) is 11.3. The van der Waals surface area contributed by atoms with Crippen LogP contribution >= 0.6 is 0 Å². The number of fused-ring (bicyclic) bond motifs is 1. The van der Waals surface area contributed by atoms with Crippen LogP contribution in [0.1, 0.15) is 36.0 Å². The third-order valence-corrected chi connectivity index (χ3v) is 5.72. The smallest absolute Gasteiger partial charge is 0.208 e. The highest BCUT2D eigenvalue weighted by atomic mass is 16.4. The first-order valence-corrected chi connectivity index (χ1v) is 10.5. The van der Waals surface area contributed by atoms with E-state index in [2.05, 4.69) is 35.7 Å². The lowest BCUT2D eigenvalue weighted by atomic mass is 9.97. The van der Waals surface area contributed by atoms with E-state index in [0.717, 1.165) is 73.8 Å². The molecular formula is C21H30N8O. The van der Waals surface area contributed by atoms with Gasteiger partial charge in [0.05, 0.1) is 18.8 Å². The molecule has 0 atom stereocenters. The molecule has 9 heteroatoms.